The maximum Gasteiger partial charge on any atom is 0.354 e. The smallest absolute Gasteiger partial charge is 0.354 e. The lowest BCUT2D eigenvalue weighted by molar-refractivity contribution is 0.0689. The minimum absolute atomic E-state index is 0.105. The van der Waals surface area contributed by atoms with Crippen molar-refractivity contribution in [2.45, 2.75) is 52.7 Å². The first-order valence-corrected chi connectivity index (χ1v) is 12.3. The van der Waals surface area contributed by atoms with Crippen molar-refractivity contribution in [2.75, 3.05) is 18.4 Å². The summed E-state index contributed by atoms with van der Waals surface area (Å²) in [6.07, 6.45) is 5.04. The topological polar surface area (TPSA) is 124 Å². The van der Waals surface area contributed by atoms with Crippen LogP contribution in [0.1, 0.15) is 56.9 Å². The number of hydrogen-bond donors (Lipinski definition) is 3. The van der Waals surface area contributed by atoms with Gasteiger partial charge in [0, 0.05) is 31.0 Å². The number of carbonyl (C=O) groups is 3. The van der Waals surface area contributed by atoms with Crippen molar-refractivity contribution in [3.63, 3.8) is 0 Å². The molecule has 3 N–H and O–H groups in total. The van der Waals surface area contributed by atoms with Crippen LogP contribution in [0.15, 0.2) is 42.6 Å². The van der Waals surface area contributed by atoms with E-state index in [-0.39, 0.29) is 11.7 Å². The Morgan fingerprint density at radius 3 is 2.50 bits per heavy atom. The van der Waals surface area contributed by atoms with Gasteiger partial charge in [0.2, 0.25) is 0 Å². The van der Waals surface area contributed by atoms with E-state index in [0.29, 0.717) is 41.6 Å². The molecule has 2 fully saturated rings. The van der Waals surface area contributed by atoms with Gasteiger partial charge in [-0.1, -0.05) is 13.8 Å². The Hall–Kier alpha value is -3.82. The Morgan fingerprint density at radius 2 is 1.86 bits per heavy atom. The monoisotopic (exact) mass is 495 g/mol. The molecule has 1 atom stereocenters. The van der Waals surface area contributed by atoms with E-state index in [0.717, 1.165) is 25.7 Å². The Kier molecular flexibility index (Phi) is 7.32. The highest BCUT2D eigenvalue weighted by molar-refractivity contribution is 5.96. The zero-order valence-electron chi connectivity index (χ0n) is 20.9. The molecule has 10 nitrogen and oxygen atoms in total. The van der Waals surface area contributed by atoms with Gasteiger partial charge in [-0.3, -0.25) is 10.2 Å². The summed E-state index contributed by atoms with van der Waals surface area (Å²) in [6, 6.07) is 9.21. The zero-order chi connectivity index (χ0) is 25.9. The van der Waals surface area contributed by atoms with Gasteiger partial charge < -0.3 is 15.2 Å². The standard InChI is InChI=1S/C26H33N5O5/c1-4-30-24(34)29-23(31(25(30)35)16-17-9-12-26(2,3)13-10-17)28-18-5-7-19(8-6-18)36-20-11-14-27-21(15-20)22(32)33/h5-8,11,14-15,17,23,28H,4,9-10,12-13,16H2,1-3H3,(H,29,34)(H,32,33). The number of imide groups is 1. The summed E-state index contributed by atoms with van der Waals surface area (Å²) in [5.74, 6) is 0.111. The number of rotatable bonds is 8. The molecule has 0 spiro atoms. The van der Waals surface area contributed by atoms with Crippen LogP contribution in [0, 0.1) is 11.3 Å². The molecule has 0 bridgehead atoms. The normalized spacial score (nSPS) is 20.1. The highest BCUT2D eigenvalue weighted by Crippen LogP contribution is 2.38. The molecule has 0 radical (unpaired) electrons. The molecular weight excluding hydrogens is 462 g/mol. The summed E-state index contributed by atoms with van der Waals surface area (Å²) in [4.78, 5) is 43.6. The zero-order valence-corrected chi connectivity index (χ0v) is 20.9. The molecule has 36 heavy (non-hydrogen) atoms. The van der Waals surface area contributed by atoms with Gasteiger partial charge >= 0.3 is 18.0 Å². The van der Waals surface area contributed by atoms with Crippen molar-refractivity contribution in [3.8, 4) is 11.5 Å². The van der Waals surface area contributed by atoms with Crippen molar-refractivity contribution < 1.29 is 24.2 Å². The molecule has 1 saturated carbocycles. The van der Waals surface area contributed by atoms with E-state index in [1.54, 1.807) is 42.2 Å². The quantitative estimate of drug-likeness (QED) is 0.473. The fourth-order valence-corrected chi connectivity index (χ4v) is 4.63. The Labute approximate surface area is 210 Å². The van der Waals surface area contributed by atoms with E-state index in [9.17, 15) is 14.4 Å². The average Bonchev–Trinajstić information content (AvgIpc) is 2.84. The molecule has 4 amide bonds. The third-order valence-electron chi connectivity index (χ3n) is 6.87. The van der Waals surface area contributed by atoms with E-state index in [1.807, 2.05) is 0 Å². The minimum Gasteiger partial charge on any atom is -0.477 e. The van der Waals surface area contributed by atoms with E-state index in [4.69, 9.17) is 9.84 Å². The second kappa shape index (κ2) is 10.4. The van der Waals surface area contributed by atoms with Crippen LogP contribution in [0.5, 0.6) is 11.5 Å². The molecule has 2 aliphatic rings. The Balaban J connectivity index is 1.45. The van der Waals surface area contributed by atoms with Gasteiger partial charge in [0.15, 0.2) is 12.0 Å². The number of hydrogen-bond acceptors (Lipinski definition) is 6. The molecule has 1 aliphatic carbocycles. The van der Waals surface area contributed by atoms with Crippen LogP contribution in [-0.2, 0) is 0 Å². The van der Waals surface area contributed by atoms with Crippen LogP contribution in [0.4, 0.5) is 15.3 Å². The number of amides is 4. The number of anilines is 1. The van der Waals surface area contributed by atoms with E-state index >= 15 is 0 Å². The molecule has 1 aliphatic heterocycles. The summed E-state index contributed by atoms with van der Waals surface area (Å²) < 4.78 is 5.74. The molecule has 4 rings (SSSR count). The van der Waals surface area contributed by atoms with Crippen LogP contribution < -0.4 is 15.4 Å². The van der Waals surface area contributed by atoms with Crippen LogP contribution in [0.25, 0.3) is 0 Å². The van der Waals surface area contributed by atoms with Crippen molar-refractivity contribution >= 4 is 23.7 Å². The maximum absolute atomic E-state index is 13.2. The van der Waals surface area contributed by atoms with Gasteiger partial charge in [-0.05, 0) is 74.3 Å². The van der Waals surface area contributed by atoms with Crippen molar-refractivity contribution in [2.24, 2.45) is 11.3 Å². The number of carbonyl (C=O) groups excluding carboxylic acids is 2. The molecule has 192 valence electrons. The fraction of sp³-hybridized carbons (Fsp3) is 0.462. The third-order valence-corrected chi connectivity index (χ3v) is 6.87. The van der Waals surface area contributed by atoms with Gasteiger partial charge in [0.25, 0.3) is 0 Å². The summed E-state index contributed by atoms with van der Waals surface area (Å²) in [5.41, 5.74) is 0.922. The largest absolute Gasteiger partial charge is 0.477 e. The SMILES string of the molecule is CCN1C(=O)NC(Nc2ccc(Oc3ccnc(C(=O)O)c3)cc2)N(CC2CCC(C)(C)CC2)C1=O. The predicted octanol–water partition coefficient (Wildman–Crippen LogP) is 4.95. The molecular formula is C26H33N5O5. The number of carboxylic acids is 1. The lowest BCUT2D eigenvalue weighted by atomic mass is 9.73. The minimum atomic E-state index is -1.13. The number of pyridine rings is 1. The number of nitrogens with zero attached hydrogens (tertiary/aromatic N) is 3. The summed E-state index contributed by atoms with van der Waals surface area (Å²) in [6.45, 7) is 7.22. The number of urea groups is 2. The molecule has 1 unspecified atom stereocenters. The first kappa shape index (κ1) is 25.3. The molecule has 1 aromatic heterocycles. The molecule has 2 heterocycles. The molecule has 10 heteroatoms. The highest BCUT2D eigenvalue weighted by Gasteiger charge is 2.39. The molecule has 1 saturated heterocycles. The van der Waals surface area contributed by atoms with Crippen molar-refractivity contribution in [1.82, 2.24) is 20.1 Å². The van der Waals surface area contributed by atoms with E-state index in [2.05, 4.69) is 29.5 Å². The number of nitrogens with one attached hydrogen (secondary N) is 2. The Morgan fingerprint density at radius 1 is 1.17 bits per heavy atom. The van der Waals surface area contributed by atoms with E-state index in [1.165, 1.54) is 17.2 Å². The average molecular weight is 496 g/mol. The van der Waals surface area contributed by atoms with Gasteiger partial charge in [0.05, 0.1) is 0 Å². The number of ether oxygens (including phenoxy) is 1. The second-order valence-electron chi connectivity index (χ2n) is 10.1. The lowest BCUT2D eigenvalue weighted by Crippen LogP contribution is -2.67. The van der Waals surface area contributed by atoms with Crippen molar-refractivity contribution in [3.05, 3.63) is 48.3 Å². The number of benzene rings is 1. The van der Waals surface area contributed by atoms with Crippen LogP contribution in [-0.4, -0.2) is 57.3 Å². The molecule has 2 aromatic rings. The van der Waals surface area contributed by atoms with Crippen LogP contribution in [0.2, 0.25) is 0 Å². The Bertz CT molecular complexity index is 1110. The third kappa shape index (κ3) is 5.87. The lowest BCUT2D eigenvalue weighted by Gasteiger charge is -2.44. The highest BCUT2D eigenvalue weighted by atomic mass is 16.5. The number of aromatic nitrogens is 1. The second-order valence-corrected chi connectivity index (χ2v) is 10.1. The van der Waals surface area contributed by atoms with Gasteiger partial charge in [0.1, 0.15) is 11.5 Å². The number of aromatic carboxylic acids is 1. The van der Waals surface area contributed by atoms with Gasteiger partial charge in [-0.25, -0.2) is 24.3 Å². The summed E-state index contributed by atoms with van der Waals surface area (Å²) in [7, 11) is 0. The maximum atomic E-state index is 13.2. The first-order valence-electron chi connectivity index (χ1n) is 12.3. The fourth-order valence-electron chi connectivity index (χ4n) is 4.63. The van der Waals surface area contributed by atoms with E-state index < -0.39 is 18.3 Å². The van der Waals surface area contributed by atoms with Crippen LogP contribution >= 0.6 is 0 Å². The summed E-state index contributed by atoms with van der Waals surface area (Å²) >= 11 is 0. The summed E-state index contributed by atoms with van der Waals surface area (Å²) in [5, 5.41) is 15.3. The van der Waals surface area contributed by atoms with Gasteiger partial charge in [-0.2, -0.15) is 0 Å². The molecule has 1 aromatic carbocycles. The first-order chi connectivity index (χ1) is 17.1. The predicted molar refractivity (Wildman–Crippen MR) is 134 cm³/mol. The van der Waals surface area contributed by atoms with Gasteiger partial charge in [-0.15, -0.1) is 0 Å². The number of carboxylic acid groups (broad SMARTS) is 1. The van der Waals surface area contributed by atoms with Crippen LogP contribution in [0.3, 0.4) is 0 Å². The van der Waals surface area contributed by atoms with Crippen molar-refractivity contribution in [1.29, 1.82) is 0 Å².